The van der Waals surface area contributed by atoms with Crippen molar-refractivity contribution in [3.8, 4) is 0 Å². The normalized spacial score (nSPS) is 13.8. The number of rotatable bonds is 42. The number of allylic oxidation sites excluding steroid dienone is 16. The molecule has 0 heterocycles. The van der Waals surface area contributed by atoms with Gasteiger partial charge in [0.1, 0.15) is 12.6 Å². The van der Waals surface area contributed by atoms with Crippen LogP contribution < -0.4 is 5.11 Å². The summed E-state index contributed by atoms with van der Waals surface area (Å²) in [4.78, 5) is 37.0. The Bertz CT molecular complexity index is 1330. The minimum Gasteiger partial charge on any atom is -0.544 e. The quantitative estimate of drug-likeness (QED) is 0.0198. The molecule has 352 valence electrons. The zero-order valence-electron chi connectivity index (χ0n) is 40.0. The molecular formula is C54H89NO7. The van der Waals surface area contributed by atoms with Crippen LogP contribution in [0.5, 0.6) is 0 Å². The monoisotopic (exact) mass is 864 g/mol. The molecule has 0 amide bonds. The van der Waals surface area contributed by atoms with Crippen molar-refractivity contribution in [3.05, 3.63) is 97.2 Å². The Kier molecular flexibility index (Phi) is 41.2. The SMILES string of the molecule is CC/C=C/C/C=C/C/C=C/C/C=C/C/C=C/C/C=C/CCCC(=O)OC(COCCC(C(=O)[O-])[N+](C)(C)C)COC(=O)CCCCCCC/C=C/C=C/CCCCCCCCC. The van der Waals surface area contributed by atoms with Gasteiger partial charge in [-0.15, -0.1) is 0 Å². The van der Waals surface area contributed by atoms with Crippen molar-refractivity contribution in [2.24, 2.45) is 0 Å². The van der Waals surface area contributed by atoms with Crippen molar-refractivity contribution < 1.29 is 38.2 Å². The molecule has 0 rings (SSSR count). The second-order valence-corrected chi connectivity index (χ2v) is 17.0. The molecule has 0 saturated heterocycles. The number of likely N-dealkylation sites (N-methyl/N-ethyl adjacent to an activating group) is 1. The Balaban J connectivity index is 4.45. The Morgan fingerprint density at radius 3 is 1.47 bits per heavy atom. The van der Waals surface area contributed by atoms with E-state index in [0.29, 0.717) is 12.8 Å². The van der Waals surface area contributed by atoms with Crippen LogP contribution in [0.2, 0.25) is 0 Å². The molecule has 8 heteroatoms. The maximum absolute atomic E-state index is 12.7. The van der Waals surface area contributed by atoms with E-state index in [4.69, 9.17) is 14.2 Å². The van der Waals surface area contributed by atoms with Gasteiger partial charge in [0.05, 0.1) is 40.3 Å². The summed E-state index contributed by atoms with van der Waals surface area (Å²) in [5, 5.41) is 11.6. The molecule has 0 bridgehead atoms. The Morgan fingerprint density at radius 2 is 0.968 bits per heavy atom. The van der Waals surface area contributed by atoms with E-state index >= 15 is 0 Å². The van der Waals surface area contributed by atoms with Gasteiger partial charge in [0.25, 0.3) is 0 Å². The van der Waals surface area contributed by atoms with Crippen molar-refractivity contribution in [3.63, 3.8) is 0 Å². The molecule has 0 spiro atoms. The van der Waals surface area contributed by atoms with E-state index in [1.54, 1.807) is 21.1 Å². The third-order valence-corrected chi connectivity index (χ3v) is 10.2. The van der Waals surface area contributed by atoms with Crippen molar-refractivity contribution in [1.82, 2.24) is 0 Å². The number of hydrogen-bond acceptors (Lipinski definition) is 7. The third kappa shape index (κ3) is 41.6. The number of carboxylic acids is 1. The fraction of sp³-hybridized carbons (Fsp3) is 0.648. The Labute approximate surface area is 379 Å². The summed E-state index contributed by atoms with van der Waals surface area (Å²) in [6.45, 7) is 4.45. The minimum atomic E-state index is -1.14. The topological polar surface area (TPSA) is 102 Å². The summed E-state index contributed by atoms with van der Waals surface area (Å²) in [7, 11) is 5.38. The second kappa shape index (κ2) is 43.9. The zero-order chi connectivity index (χ0) is 45.6. The predicted octanol–water partition coefficient (Wildman–Crippen LogP) is 12.5. The number of nitrogens with zero attached hydrogens (tertiary/aromatic N) is 1. The first-order chi connectivity index (χ1) is 30.1. The van der Waals surface area contributed by atoms with Crippen molar-refractivity contribution in [2.75, 3.05) is 41.0 Å². The van der Waals surface area contributed by atoms with Crippen LogP contribution in [0.3, 0.4) is 0 Å². The molecule has 8 nitrogen and oxygen atoms in total. The average molecular weight is 864 g/mol. The molecule has 2 unspecified atom stereocenters. The van der Waals surface area contributed by atoms with Gasteiger partial charge in [0, 0.05) is 19.3 Å². The molecule has 62 heavy (non-hydrogen) atoms. The van der Waals surface area contributed by atoms with Crippen LogP contribution in [0.25, 0.3) is 0 Å². The largest absolute Gasteiger partial charge is 0.544 e. The molecule has 0 fully saturated rings. The first-order valence-electron chi connectivity index (χ1n) is 24.3. The number of carbonyl (C=O) groups is 3. The Morgan fingerprint density at radius 1 is 0.516 bits per heavy atom. The van der Waals surface area contributed by atoms with Crippen LogP contribution in [-0.4, -0.2) is 75.5 Å². The highest BCUT2D eigenvalue weighted by molar-refractivity contribution is 5.70. The highest BCUT2D eigenvalue weighted by atomic mass is 16.6. The molecule has 0 aromatic heterocycles. The molecule has 0 radical (unpaired) electrons. The fourth-order valence-electron chi connectivity index (χ4n) is 6.48. The average Bonchev–Trinajstić information content (AvgIpc) is 3.23. The van der Waals surface area contributed by atoms with Gasteiger partial charge in [-0.25, -0.2) is 0 Å². The summed E-state index contributed by atoms with van der Waals surface area (Å²) < 4.78 is 17.1. The number of quaternary nitrogens is 1. The number of aliphatic carboxylic acids is 1. The van der Waals surface area contributed by atoms with Crippen molar-refractivity contribution in [2.45, 2.75) is 187 Å². The van der Waals surface area contributed by atoms with Gasteiger partial charge in [-0.05, 0) is 83.5 Å². The van der Waals surface area contributed by atoms with Crippen LogP contribution in [0.4, 0.5) is 0 Å². The van der Waals surface area contributed by atoms with E-state index in [9.17, 15) is 19.5 Å². The molecular weight excluding hydrogens is 775 g/mol. The van der Waals surface area contributed by atoms with Gasteiger partial charge in [0.2, 0.25) is 0 Å². The van der Waals surface area contributed by atoms with Gasteiger partial charge in [-0.3, -0.25) is 9.59 Å². The smallest absolute Gasteiger partial charge is 0.306 e. The summed E-state index contributed by atoms with van der Waals surface area (Å²) >= 11 is 0. The predicted molar refractivity (Wildman–Crippen MR) is 258 cm³/mol. The Hall–Kier alpha value is -3.75. The maximum Gasteiger partial charge on any atom is 0.306 e. The molecule has 0 aliphatic rings. The second-order valence-electron chi connectivity index (χ2n) is 17.0. The minimum absolute atomic E-state index is 0.00646. The van der Waals surface area contributed by atoms with E-state index in [1.807, 2.05) is 0 Å². The molecule has 2 atom stereocenters. The van der Waals surface area contributed by atoms with Crippen LogP contribution in [-0.2, 0) is 28.6 Å². The van der Waals surface area contributed by atoms with Crippen molar-refractivity contribution >= 4 is 17.9 Å². The highest BCUT2D eigenvalue weighted by Crippen LogP contribution is 2.12. The summed E-state index contributed by atoms with van der Waals surface area (Å²) in [5.41, 5.74) is 0. The van der Waals surface area contributed by atoms with E-state index in [0.717, 1.165) is 89.9 Å². The third-order valence-electron chi connectivity index (χ3n) is 10.2. The van der Waals surface area contributed by atoms with Crippen LogP contribution >= 0.6 is 0 Å². The lowest BCUT2D eigenvalue weighted by molar-refractivity contribution is -0.889. The van der Waals surface area contributed by atoms with Gasteiger partial charge in [-0.1, -0.05) is 169 Å². The van der Waals surface area contributed by atoms with Crippen LogP contribution in [0, 0.1) is 0 Å². The van der Waals surface area contributed by atoms with Crippen molar-refractivity contribution in [1.29, 1.82) is 0 Å². The summed E-state index contributed by atoms with van der Waals surface area (Å²) in [6.07, 6.45) is 58.7. The first kappa shape index (κ1) is 58.2. The van der Waals surface area contributed by atoms with E-state index < -0.39 is 18.1 Å². The van der Waals surface area contributed by atoms with Gasteiger partial charge < -0.3 is 28.6 Å². The summed E-state index contributed by atoms with van der Waals surface area (Å²) in [5.74, 6) is -1.84. The number of hydrogen-bond donors (Lipinski definition) is 0. The first-order valence-corrected chi connectivity index (χ1v) is 24.3. The number of ether oxygens (including phenoxy) is 3. The van der Waals surface area contributed by atoms with E-state index in [1.165, 1.54) is 44.9 Å². The molecule has 0 N–H and O–H groups in total. The lowest BCUT2D eigenvalue weighted by Gasteiger charge is -2.34. The van der Waals surface area contributed by atoms with E-state index in [-0.39, 0.29) is 49.1 Å². The maximum atomic E-state index is 12.7. The van der Waals surface area contributed by atoms with Crippen LogP contribution in [0.15, 0.2) is 97.2 Å². The standard InChI is InChI=1S/C54H89NO7/c1-6-8-10-12-14-16-18-20-22-24-26-27-29-31-33-35-37-39-41-43-45-53(57)62-50(48-60-47-46-51(54(58)59)55(3,4)5)49-61-52(56)44-42-40-38-36-34-32-30-28-25-23-21-19-17-15-13-11-9-7-2/h8,10,14,16,20,22-23,25-28,30-31,33,37,39,50-51H,6-7,9,11-13,15,17-19,21,24,29,32,34-36,38,40-49H2,1-5H3/b10-8+,16-14+,22-20+,25-23+,27-26+,30-28+,33-31+,39-37+. The lowest BCUT2D eigenvalue weighted by atomic mass is 10.1. The zero-order valence-corrected chi connectivity index (χ0v) is 40.0. The fourth-order valence-corrected chi connectivity index (χ4v) is 6.48. The van der Waals surface area contributed by atoms with Crippen LogP contribution in [0.1, 0.15) is 174 Å². The number of carbonyl (C=O) groups excluding carboxylic acids is 3. The van der Waals surface area contributed by atoms with Gasteiger partial charge >= 0.3 is 11.9 Å². The molecule has 0 aliphatic heterocycles. The van der Waals surface area contributed by atoms with Gasteiger partial charge in [-0.2, -0.15) is 0 Å². The summed E-state index contributed by atoms with van der Waals surface area (Å²) in [6, 6.07) is -0.745. The highest BCUT2D eigenvalue weighted by Gasteiger charge is 2.25. The van der Waals surface area contributed by atoms with Gasteiger partial charge in [0.15, 0.2) is 6.10 Å². The molecule has 0 aromatic carbocycles. The van der Waals surface area contributed by atoms with E-state index in [2.05, 4.69) is 111 Å². The number of unbranched alkanes of at least 4 members (excludes halogenated alkanes) is 13. The lowest BCUT2D eigenvalue weighted by Crippen LogP contribution is -2.55. The number of esters is 2. The molecule has 0 aliphatic carbocycles. The molecule has 0 aromatic rings. The number of carboxylic acid groups (broad SMARTS) is 1. The molecule has 0 saturated carbocycles.